The molecule has 4 heterocycles. The summed E-state index contributed by atoms with van der Waals surface area (Å²) in [5.74, 6) is -5.12. The van der Waals surface area contributed by atoms with Gasteiger partial charge in [0, 0.05) is 38.6 Å². The van der Waals surface area contributed by atoms with Gasteiger partial charge in [0.05, 0.1) is 22.9 Å². The van der Waals surface area contributed by atoms with Crippen LogP contribution in [0.2, 0.25) is 5.02 Å². The minimum atomic E-state index is -3.84. The van der Waals surface area contributed by atoms with E-state index in [9.17, 15) is 22.4 Å². The molecule has 0 radical (unpaired) electrons. The molecule has 0 aliphatic carbocycles. The number of amides is 2. The zero-order chi connectivity index (χ0) is 28.1. The molecule has 14 heteroatoms. The fourth-order valence-electron chi connectivity index (χ4n) is 6.55. The van der Waals surface area contributed by atoms with Gasteiger partial charge < -0.3 is 16.0 Å². The van der Waals surface area contributed by atoms with Crippen LogP contribution in [0.15, 0.2) is 12.1 Å². The predicted octanol–water partition coefficient (Wildman–Crippen LogP) is 1.18. The van der Waals surface area contributed by atoms with Gasteiger partial charge in [-0.2, -0.15) is 22.3 Å². The fourth-order valence-corrected chi connectivity index (χ4v) is 8.49. The molecule has 3 atom stereocenters. The lowest BCUT2D eigenvalue weighted by atomic mass is 9.67. The van der Waals surface area contributed by atoms with Gasteiger partial charge in [0.1, 0.15) is 17.2 Å². The van der Waals surface area contributed by atoms with Gasteiger partial charge in [0.15, 0.2) is 0 Å². The van der Waals surface area contributed by atoms with Gasteiger partial charge in [0.2, 0.25) is 11.8 Å². The first-order chi connectivity index (χ1) is 18.5. The molecule has 2 amide bonds. The van der Waals surface area contributed by atoms with Crippen molar-refractivity contribution in [3.05, 3.63) is 34.4 Å². The zero-order valence-corrected chi connectivity index (χ0v) is 22.9. The maximum Gasteiger partial charge on any atom is 0.282 e. The number of primary amides is 1. The molecule has 5 rings (SSSR count). The van der Waals surface area contributed by atoms with E-state index in [2.05, 4.69) is 11.4 Å². The third-order valence-corrected chi connectivity index (χ3v) is 10.9. The Labute approximate surface area is 231 Å². The highest BCUT2D eigenvalue weighted by Crippen LogP contribution is 2.48. The molecule has 10 nitrogen and oxygen atoms in total. The SMILES string of the molecule is N#CC1CN(S(=O)(=O)N2CCC[C@H](C(=O)N3CCCC3(C(N)=O)[C@@H](c3cc(F)c(Cl)cc3F)C3CNC3)C2)C1. The van der Waals surface area contributed by atoms with Crippen LogP contribution in [0.25, 0.3) is 0 Å². The number of hydrogen-bond donors (Lipinski definition) is 2. The topological polar surface area (TPSA) is 140 Å². The molecule has 4 saturated heterocycles. The van der Waals surface area contributed by atoms with E-state index in [1.807, 2.05) is 0 Å². The number of nitriles is 1. The molecule has 212 valence electrons. The minimum absolute atomic E-state index is 0.0559. The first kappa shape index (κ1) is 28.2. The Morgan fingerprint density at radius 1 is 1.13 bits per heavy atom. The number of rotatable bonds is 7. The summed E-state index contributed by atoms with van der Waals surface area (Å²) >= 11 is 5.80. The second-order valence-electron chi connectivity index (χ2n) is 10.9. The van der Waals surface area contributed by atoms with Gasteiger partial charge in [0.25, 0.3) is 10.2 Å². The predicted molar refractivity (Wildman–Crippen MR) is 137 cm³/mol. The third-order valence-electron chi connectivity index (χ3n) is 8.70. The third kappa shape index (κ3) is 4.70. The molecule has 4 fully saturated rings. The number of likely N-dealkylation sites (tertiary alicyclic amines) is 1. The van der Waals surface area contributed by atoms with Crippen molar-refractivity contribution in [2.24, 2.45) is 23.5 Å². The number of carbonyl (C=O) groups excluding carboxylic acids is 2. The van der Waals surface area contributed by atoms with Crippen LogP contribution in [0.5, 0.6) is 0 Å². The Hall–Kier alpha value is -2.37. The summed E-state index contributed by atoms with van der Waals surface area (Å²) in [7, 11) is -3.84. The molecule has 0 aromatic heterocycles. The van der Waals surface area contributed by atoms with Gasteiger partial charge in [-0.1, -0.05) is 11.6 Å². The molecule has 1 aromatic rings. The molecule has 4 aliphatic heterocycles. The van der Waals surface area contributed by atoms with Gasteiger partial charge in [-0.05, 0) is 62.4 Å². The quantitative estimate of drug-likeness (QED) is 0.461. The van der Waals surface area contributed by atoms with Gasteiger partial charge in [-0.15, -0.1) is 0 Å². The van der Waals surface area contributed by atoms with Gasteiger partial charge in [-0.25, -0.2) is 8.78 Å². The molecule has 0 saturated carbocycles. The standard InChI is InChI=1S/C25H31ClF2N6O4S/c26-19-8-20(27)18(7-21(19)28)22(17-10-31-11-17)25(24(30)36)4-2-6-34(25)23(35)16-3-1-5-32(14-16)39(37,38)33-12-15(9-29)13-33/h7-8,15-17,22,31H,1-6,10-14H2,(H2,30,36)/t16-,22+,25?/m0/s1. The Morgan fingerprint density at radius 2 is 1.85 bits per heavy atom. The van der Waals surface area contributed by atoms with Crippen molar-refractivity contribution in [2.75, 3.05) is 45.8 Å². The van der Waals surface area contributed by atoms with Crippen molar-refractivity contribution in [1.29, 1.82) is 5.26 Å². The number of carbonyl (C=O) groups is 2. The molecule has 0 bridgehead atoms. The number of nitrogens with one attached hydrogen (secondary N) is 1. The Morgan fingerprint density at radius 3 is 2.46 bits per heavy atom. The van der Waals surface area contributed by atoms with Crippen LogP contribution in [0.3, 0.4) is 0 Å². The summed E-state index contributed by atoms with van der Waals surface area (Å²) in [5, 5.41) is 11.7. The summed E-state index contributed by atoms with van der Waals surface area (Å²) in [6.07, 6.45) is 1.46. The van der Waals surface area contributed by atoms with Crippen molar-refractivity contribution >= 4 is 33.6 Å². The second-order valence-corrected chi connectivity index (χ2v) is 13.2. The highest BCUT2D eigenvalue weighted by atomic mass is 35.5. The van der Waals surface area contributed by atoms with Crippen LogP contribution in [0.4, 0.5) is 8.78 Å². The van der Waals surface area contributed by atoms with Crippen molar-refractivity contribution in [1.82, 2.24) is 18.8 Å². The summed E-state index contributed by atoms with van der Waals surface area (Å²) in [6, 6.07) is 3.91. The average molecular weight is 585 g/mol. The van der Waals surface area contributed by atoms with Crippen LogP contribution >= 0.6 is 11.6 Å². The summed E-state index contributed by atoms with van der Waals surface area (Å²) in [6.45, 7) is 1.46. The van der Waals surface area contributed by atoms with Gasteiger partial charge in [-0.3, -0.25) is 9.59 Å². The number of nitrogens with two attached hydrogens (primary N) is 1. The Balaban J connectivity index is 1.46. The van der Waals surface area contributed by atoms with Crippen molar-refractivity contribution in [2.45, 2.75) is 37.1 Å². The molecular weight excluding hydrogens is 554 g/mol. The normalized spacial score (nSPS) is 27.9. The lowest BCUT2D eigenvalue weighted by Gasteiger charge is -2.49. The monoisotopic (exact) mass is 584 g/mol. The second kappa shape index (κ2) is 10.6. The van der Waals surface area contributed by atoms with E-state index in [0.29, 0.717) is 32.4 Å². The van der Waals surface area contributed by atoms with Crippen molar-refractivity contribution < 1.29 is 26.8 Å². The summed E-state index contributed by atoms with van der Waals surface area (Å²) in [5.41, 5.74) is 4.35. The Bertz CT molecular complexity index is 1320. The highest BCUT2D eigenvalue weighted by Gasteiger charge is 2.58. The van der Waals surface area contributed by atoms with Crippen LogP contribution in [0, 0.1) is 40.7 Å². The van der Waals surface area contributed by atoms with E-state index in [1.54, 1.807) is 0 Å². The van der Waals surface area contributed by atoms with E-state index >= 15 is 4.39 Å². The van der Waals surface area contributed by atoms with Crippen LogP contribution < -0.4 is 11.1 Å². The lowest BCUT2D eigenvalue weighted by Crippen LogP contribution is -2.65. The molecule has 1 unspecified atom stereocenters. The van der Waals surface area contributed by atoms with E-state index in [-0.39, 0.29) is 61.6 Å². The zero-order valence-electron chi connectivity index (χ0n) is 21.3. The summed E-state index contributed by atoms with van der Waals surface area (Å²) < 4.78 is 58.6. The Kier molecular flexibility index (Phi) is 7.62. The average Bonchev–Trinajstić information content (AvgIpc) is 3.28. The van der Waals surface area contributed by atoms with Crippen LogP contribution in [-0.2, 0) is 19.8 Å². The first-order valence-corrected chi connectivity index (χ1v) is 14.9. The summed E-state index contributed by atoms with van der Waals surface area (Å²) in [4.78, 5) is 28.7. The van der Waals surface area contributed by atoms with E-state index in [4.69, 9.17) is 22.6 Å². The maximum atomic E-state index is 15.3. The molecule has 0 spiro atoms. The smallest absolute Gasteiger partial charge is 0.282 e. The molecule has 3 N–H and O–H groups in total. The number of halogens is 3. The number of hydrogen-bond acceptors (Lipinski definition) is 6. The first-order valence-electron chi connectivity index (χ1n) is 13.1. The van der Waals surface area contributed by atoms with Crippen LogP contribution in [0.1, 0.15) is 37.2 Å². The van der Waals surface area contributed by atoms with Crippen molar-refractivity contribution in [3.63, 3.8) is 0 Å². The lowest BCUT2D eigenvalue weighted by molar-refractivity contribution is -0.150. The van der Waals surface area contributed by atoms with Gasteiger partial charge >= 0.3 is 0 Å². The number of benzene rings is 1. The highest BCUT2D eigenvalue weighted by molar-refractivity contribution is 7.86. The largest absolute Gasteiger partial charge is 0.368 e. The molecule has 1 aromatic carbocycles. The van der Waals surface area contributed by atoms with E-state index < -0.39 is 51.0 Å². The molecule has 39 heavy (non-hydrogen) atoms. The van der Waals surface area contributed by atoms with Crippen LogP contribution in [-0.4, -0.2) is 85.1 Å². The fraction of sp³-hybridized carbons (Fsp3) is 0.640. The molecule has 4 aliphatic rings. The molecular formula is C25H31ClF2N6O4S. The maximum absolute atomic E-state index is 15.3. The van der Waals surface area contributed by atoms with E-state index in [1.165, 1.54) is 13.5 Å². The number of piperidine rings is 1. The van der Waals surface area contributed by atoms with E-state index in [0.717, 1.165) is 12.1 Å². The number of nitrogens with zero attached hydrogens (tertiary/aromatic N) is 4. The minimum Gasteiger partial charge on any atom is -0.368 e. The van der Waals surface area contributed by atoms with Crippen molar-refractivity contribution in [3.8, 4) is 6.07 Å².